The molecule has 1 unspecified atom stereocenters. The number of amidine groups is 1. The zero-order chi connectivity index (χ0) is 24.2. The number of methoxy groups -OCH3 is 1. The Morgan fingerprint density at radius 2 is 1.94 bits per heavy atom. The third-order valence-corrected chi connectivity index (χ3v) is 6.79. The zero-order valence-electron chi connectivity index (χ0n) is 19.8. The molecule has 2 aromatic carbocycles. The first kappa shape index (κ1) is 23.7. The SMILES string of the molecule is COc1ccccc1NC(=O)C1=C(C)N=C2SCCCN2C1c1cccc(NC(=O)N(C)C)c1. The highest BCUT2D eigenvalue weighted by atomic mass is 32.2. The molecular formula is C25H29N5O3S. The fraction of sp³-hybridized carbons (Fsp3) is 0.320. The summed E-state index contributed by atoms with van der Waals surface area (Å²) in [7, 11) is 4.97. The molecule has 0 bridgehead atoms. The van der Waals surface area contributed by atoms with Gasteiger partial charge in [0.1, 0.15) is 5.75 Å². The Bertz CT molecular complexity index is 1160. The Hall–Kier alpha value is -3.46. The monoisotopic (exact) mass is 479 g/mol. The number of carbonyl (C=O) groups excluding carboxylic acids is 2. The molecule has 9 heteroatoms. The van der Waals surface area contributed by atoms with Gasteiger partial charge in [-0.2, -0.15) is 0 Å². The van der Waals surface area contributed by atoms with Crippen LogP contribution in [-0.4, -0.2) is 60.4 Å². The van der Waals surface area contributed by atoms with Crippen LogP contribution in [0.5, 0.6) is 5.75 Å². The average molecular weight is 480 g/mol. The number of anilines is 2. The summed E-state index contributed by atoms with van der Waals surface area (Å²) in [5, 5.41) is 6.84. The minimum atomic E-state index is -0.328. The van der Waals surface area contributed by atoms with Crippen LogP contribution in [0.25, 0.3) is 0 Å². The topological polar surface area (TPSA) is 86.3 Å². The molecule has 1 fully saturated rings. The molecule has 34 heavy (non-hydrogen) atoms. The van der Waals surface area contributed by atoms with Gasteiger partial charge in [0.2, 0.25) is 0 Å². The lowest BCUT2D eigenvalue weighted by Crippen LogP contribution is -2.43. The Labute approximate surface area is 204 Å². The van der Waals surface area contributed by atoms with Crippen molar-refractivity contribution >= 4 is 40.2 Å². The van der Waals surface area contributed by atoms with Crippen molar-refractivity contribution in [3.63, 3.8) is 0 Å². The van der Waals surface area contributed by atoms with Gasteiger partial charge in [0, 0.05) is 32.1 Å². The summed E-state index contributed by atoms with van der Waals surface area (Å²) < 4.78 is 5.41. The fourth-order valence-electron chi connectivity index (χ4n) is 4.06. The van der Waals surface area contributed by atoms with Crippen LogP contribution in [0.3, 0.4) is 0 Å². The van der Waals surface area contributed by atoms with Crippen LogP contribution < -0.4 is 15.4 Å². The van der Waals surface area contributed by atoms with Gasteiger partial charge < -0.3 is 25.2 Å². The number of thioether (sulfide) groups is 1. The first-order valence-corrected chi connectivity index (χ1v) is 12.1. The van der Waals surface area contributed by atoms with Crippen molar-refractivity contribution in [2.24, 2.45) is 4.99 Å². The second-order valence-electron chi connectivity index (χ2n) is 8.30. The van der Waals surface area contributed by atoms with Gasteiger partial charge in [0.25, 0.3) is 5.91 Å². The Balaban J connectivity index is 1.73. The van der Waals surface area contributed by atoms with Gasteiger partial charge in [-0.05, 0) is 43.2 Å². The molecule has 3 amide bonds. The van der Waals surface area contributed by atoms with E-state index >= 15 is 0 Å². The van der Waals surface area contributed by atoms with Crippen LogP contribution in [-0.2, 0) is 4.79 Å². The second-order valence-corrected chi connectivity index (χ2v) is 9.36. The molecule has 0 saturated carbocycles. The van der Waals surface area contributed by atoms with E-state index in [1.807, 2.05) is 55.5 Å². The summed E-state index contributed by atoms with van der Waals surface area (Å²) in [5.74, 6) is 1.36. The molecule has 4 rings (SSSR count). The van der Waals surface area contributed by atoms with Crippen molar-refractivity contribution in [3.05, 3.63) is 65.4 Å². The van der Waals surface area contributed by atoms with Crippen molar-refractivity contribution in [1.29, 1.82) is 0 Å². The first-order chi connectivity index (χ1) is 16.4. The lowest BCUT2D eigenvalue weighted by molar-refractivity contribution is -0.113. The lowest BCUT2D eigenvalue weighted by Gasteiger charge is -2.41. The molecule has 8 nitrogen and oxygen atoms in total. The van der Waals surface area contributed by atoms with E-state index in [0.29, 0.717) is 28.4 Å². The highest BCUT2D eigenvalue weighted by Crippen LogP contribution is 2.40. The van der Waals surface area contributed by atoms with Crippen LogP contribution >= 0.6 is 11.8 Å². The van der Waals surface area contributed by atoms with Gasteiger partial charge in [-0.15, -0.1) is 0 Å². The Morgan fingerprint density at radius 3 is 2.71 bits per heavy atom. The molecule has 0 radical (unpaired) electrons. The molecule has 1 saturated heterocycles. The third kappa shape index (κ3) is 4.89. The maximum Gasteiger partial charge on any atom is 0.321 e. The van der Waals surface area contributed by atoms with Crippen molar-refractivity contribution in [3.8, 4) is 5.75 Å². The highest BCUT2D eigenvalue weighted by Gasteiger charge is 2.37. The van der Waals surface area contributed by atoms with Crippen molar-refractivity contribution < 1.29 is 14.3 Å². The van der Waals surface area contributed by atoms with Gasteiger partial charge in [-0.25, -0.2) is 9.79 Å². The number of nitrogens with one attached hydrogen (secondary N) is 2. The highest BCUT2D eigenvalue weighted by molar-refractivity contribution is 8.13. The quantitative estimate of drug-likeness (QED) is 0.657. The number of amides is 3. The van der Waals surface area contributed by atoms with Crippen LogP contribution in [0.15, 0.2) is 64.8 Å². The minimum absolute atomic E-state index is 0.211. The van der Waals surface area contributed by atoms with E-state index in [1.54, 1.807) is 33.0 Å². The second kappa shape index (κ2) is 10.2. The van der Waals surface area contributed by atoms with Gasteiger partial charge in [-0.1, -0.05) is 36.0 Å². The van der Waals surface area contributed by atoms with E-state index in [2.05, 4.69) is 15.5 Å². The number of urea groups is 1. The van der Waals surface area contributed by atoms with E-state index in [1.165, 1.54) is 4.90 Å². The number of carbonyl (C=O) groups is 2. The molecule has 2 heterocycles. The molecule has 2 N–H and O–H groups in total. The third-order valence-electron chi connectivity index (χ3n) is 5.72. The number of fused-ring (bicyclic) bond motifs is 1. The van der Waals surface area contributed by atoms with Crippen molar-refractivity contribution in [2.75, 3.05) is 44.1 Å². The molecule has 0 spiro atoms. The maximum atomic E-state index is 13.7. The first-order valence-electron chi connectivity index (χ1n) is 11.1. The maximum absolute atomic E-state index is 13.7. The number of benzene rings is 2. The predicted octanol–water partition coefficient (Wildman–Crippen LogP) is 4.55. The number of hydrogen-bond acceptors (Lipinski definition) is 6. The molecular weight excluding hydrogens is 450 g/mol. The van der Waals surface area contributed by atoms with Crippen molar-refractivity contribution in [1.82, 2.24) is 9.80 Å². The van der Waals surface area contributed by atoms with Crippen LogP contribution in [0.4, 0.5) is 16.2 Å². The normalized spacial score (nSPS) is 17.5. The van der Waals surface area contributed by atoms with Gasteiger partial charge in [-0.3, -0.25) is 4.79 Å². The van der Waals surface area contributed by atoms with Gasteiger partial charge >= 0.3 is 6.03 Å². The number of nitrogens with zero attached hydrogens (tertiary/aromatic N) is 3. The minimum Gasteiger partial charge on any atom is -0.495 e. The summed E-state index contributed by atoms with van der Waals surface area (Å²) in [5.41, 5.74) is 3.45. The zero-order valence-corrected chi connectivity index (χ0v) is 20.6. The molecule has 0 aromatic heterocycles. The van der Waals surface area contributed by atoms with E-state index < -0.39 is 0 Å². The largest absolute Gasteiger partial charge is 0.495 e. The number of para-hydroxylation sites is 2. The van der Waals surface area contributed by atoms with Crippen LogP contribution in [0.2, 0.25) is 0 Å². The molecule has 2 aliphatic rings. The molecule has 0 aliphatic carbocycles. The number of aliphatic imine (C=N–C) groups is 1. The average Bonchev–Trinajstić information content (AvgIpc) is 2.83. The molecule has 178 valence electrons. The summed E-state index contributed by atoms with van der Waals surface area (Å²) in [6, 6.07) is 14.5. The van der Waals surface area contributed by atoms with E-state index in [4.69, 9.17) is 9.73 Å². The molecule has 2 aliphatic heterocycles. The Kier molecular flexibility index (Phi) is 7.12. The lowest BCUT2D eigenvalue weighted by atomic mass is 9.93. The smallest absolute Gasteiger partial charge is 0.321 e. The number of rotatable bonds is 5. The van der Waals surface area contributed by atoms with Crippen LogP contribution in [0.1, 0.15) is 24.9 Å². The molecule has 2 aromatic rings. The number of allylic oxidation sites excluding steroid dienone is 1. The Morgan fingerprint density at radius 1 is 1.15 bits per heavy atom. The number of ether oxygens (including phenoxy) is 1. The number of hydrogen-bond donors (Lipinski definition) is 2. The molecule has 1 atom stereocenters. The van der Waals surface area contributed by atoms with E-state index in [9.17, 15) is 9.59 Å². The summed E-state index contributed by atoms with van der Waals surface area (Å²) in [4.78, 5) is 34.3. The van der Waals surface area contributed by atoms with Crippen LogP contribution in [0, 0.1) is 0 Å². The summed E-state index contributed by atoms with van der Waals surface area (Å²) in [6.45, 7) is 2.67. The van der Waals surface area contributed by atoms with Gasteiger partial charge in [0.05, 0.1) is 30.1 Å². The summed E-state index contributed by atoms with van der Waals surface area (Å²) >= 11 is 1.71. The predicted molar refractivity (Wildman–Crippen MR) is 137 cm³/mol. The fourth-order valence-corrected chi connectivity index (χ4v) is 5.08. The standard InChI is InChI=1S/C25H29N5O3S/c1-16-21(23(31)28-19-11-5-6-12-20(19)33-4)22(30-13-8-14-34-25(30)26-16)17-9-7-10-18(15-17)27-24(32)29(2)3/h5-7,9-12,15,22H,8,13-14H2,1-4H3,(H,27,32)(H,28,31). The van der Waals surface area contributed by atoms with E-state index in [0.717, 1.165) is 29.4 Å². The summed E-state index contributed by atoms with van der Waals surface area (Å²) in [6.07, 6.45) is 0.998. The van der Waals surface area contributed by atoms with Gasteiger partial charge in [0.15, 0.2) is 5.17 Å². The van der Waals surface area contributed by atoms with E-state index in [-0.39, 0.29) is 18.0 Å². The van der Waals surface area contributed by atoms with Crippen molar-refractivity contribution in [2.45, 2.75) is 19.4 Å².